The fourth-order valence-corrected chi connectivity index (χ4v) is 2.22. The smallest absolute Gasteiger partial charge is 0.227 e. The Labute approximate surface area is 145 Å². The van der Waals surface area contributed by atoms with Crippen LogP contribution in [0.25, 0.3) is 11.1 Å². The van der Waals surface area contributed by atoms with Gasteiger partial charge in [-0.15, -0.1) is 0 Å². The summed E-state index contributed by atoms with van der Waals surface area (Å²) >= 11 is 0. The van der Waals surface area contributed by atoms with Crippen molar-refractivity contribution in [1.82, 2.24) is 15.0 Å². The summed E-state index contributed by atoms with van der Waals surface area (Å²) in [5, 5.41) is 12.2. The summed E-state index contributed by atoms with van der Waals surface area (Å²) in [6, 6.07) is 11.0. The number of hydrogen-bond acceptors (Lipinski definition) is 7. The van der Waals surface area contributed by atoms with Gasteiger partial charge in [0.25, 0.3) is 0 Å². The van der Waals surface area contributed by atoms with Crippen LogP contribution in [-0.4, -0.2) is 21.6 Å². The molecule has 3 rings (SSSR count). The van der Waals surface area contributed by atoms with Crippen LogP contribution in [0.15, 0.2) is 48.9 Å². The van der Waals surface area contributed by atoms with Crippen molar-refractivity contribution in [3.63, 3.8) is 0 Å². The molecule has 0 atom stereocenters. The molecule has 0 bridgehead atoms. The molecule has 0 radical (unpaired) electrons. The number of nitriles is 1. The van der Waals surface area contributed by atoms with E-state index in [9.17, 15) is 0 Å². The molecule has 0 aliphatic carbocycles. The highest BCUT2D eigenvalue weighted by atomic mass is 16.5. The Morgan fingerprint density at radius 1 is 1.08 bits per heavy atom. The highest BCUT2D eigenvalue weighted by Crippen LogP contribution is 2.27. The van der Waals surface area contributed by atoms with Gasteiger partial charge in [-0.1, -0.05) is 6.07 Å². The van der Waals surface area contributed by atoms with E-state index in [2.05, 4.69) is 26.3 Å². The molecular weight excluding hydrogens is 316 g/mol. The van der Waals surface area contributed by atoms with Crippen molar-refractivity contribution in [3.05, 3.63) is 54.5 Å². The first-order valence-corrected chi connectivity index (χ1v) is 7.67. The van der Waals surface area contributed by atoms with E-state index in [1.54, 1.807) is 36.8 Å². The standard InChI is InChI=1S/C18H16N6O/c1-2-25-16-7-12(3-4-13(16)8-19)14-9-22-18(23-10-14)24-15-5-6-17(20)21-11-15/h3-7,9-11H,2H2,1H3,(H2,20,21)(H,22,23,24). The van der Waals surface area contributed by atoms with Crippen LogP contribution >= 0.6 is 0 Å². The van der Waals surface area contributed by atoms with Gasteiger partial charge in [0.05, 0.1) is 24.1 Å². The van der Waals surface area contributed by atoms with E-state index >= 15 is 0 Å². The van der Waals surface area contributed by atoms with Gasteiger partial charge in [0.15, 0.2) is 0 Å². The van der Waals surface area contributed by atoms with Crippen LogP contribution in [0.5, 0.6) is 5.75 Å². The zero-order valence-corrected chi connectivity index (χ0v) is 13.6. The number of aromatic nitrogens is 3. The minimum Gasteiger partial charge on any atom is -0.492 e. The van der Waals surface area contributed by atoms with Crippen molar-refractivity contribution >= 4 is 17.5 Å². The van der Waals surface area contributed by atoms with Gasteiger partial charge >= 0.3 is 0 Å². The number of nitrogens with one attached hydrogen (secondary N) is 1. The Hall–Kier alpha value is -3.66. The largest absolute Gasteiger partial charge is 0.492 e. The number of benzene rings is 1. The number of rotatable bonds is 5. The molecule has 25 heavy (non-hydrogen) atoms. The third-order valence-corrected chi connectivity index (χ3v) is 3.43. The molecular formula is C18H16N6O. The first-order valence-electron chi connectivity index (χ1n) is 7.67. The molecule has 0 fully saturated rings. The molecule has 1 aromatic carbocycles. The number of pyridine rings is 1. The second-order valence-electron chi connectivity index (χ2n) is 5.15. The topological polar surface area (TPSA) is 110 Å². The van der Waals surface area contributed by atoms with Gasteiger partial charge in [-0.05, 0) is 36.8 Å². The molecule has 0 unspecified atom stereocenters. The first-order chi connectivity index (χ1) is 12.2. The maximum absolute atomic E-state index is 9.12. The number of nitrogens with two attached hydrogens (primary N) is 1. The summed E-state index contributed by atoms with van der Waals surface area (Å²) < 4.78 is 5.51. The van der Waals surface area contributed by atoms with Crippen LogP contribution in [0.2, 0.25) is 0 Å². The third kappa shape index (κ3) is 3.82. The maximum atomic E-state index is 9.12. The molecule has 0 spiro atoms. The van der Waals surface area contributed by atoms with E-state index in [4.69, 9.17) is 15.7 Å². The maximum Gasteiger partial charge on any atom is 0.227 e. The predicted octanol–water partition coefficient (Wildman–Crippen LogP) is 3.13. The zero-order valence-electron chi connectivity index (χ0n) is 13.6. The molecule has 0 aliphatic rings. The number of anilines is 3. The average Bonchev–Trinajstić information content (AvgIpc) is 2.64. The highest BCUT2D eigenvalue weighted by Gasteiger charge is 2.07. The molecule has 0 aliphatic heterocycles. The molecule has 2 aromatic heterocycles. The summed E-state index contributed by atoms with van der Waals surface area (Å²) in [5.74, 6) is 1.46. The monoisotopic (exact) mass is 332 g/mol. The van der Waals surface area contributed by atoms with E-state index in [-0.39, 0.29) is 0 Å². The predicted molar refractivity (Wildman–Crippen MR) is 95.3 cm³/mol. The van der Waals surface area contributed by atoms with Crippen molar-refractivity contribution in [2.45, 2.75) is 6.92 Å². The van der Waals surface area contributed by atoms with Crippen LogP contribution in [0.1, 0.15) is 12.5 Å². The number of ether oxygens (including phenoxy) is 1. The molecule has 3 N–H and O–H groups in total. The Morgan fingerprint density at radius 2 is 1.88 bits per heavy atom. The number of nitrogens with zero attached hydrogens (tertiary/aromatic N) is 4. The lowest BCUT2D eigenvalue weighted by Crippen LogP contribution is -1.98. The van der Waals surface area contributed by atoms with E-state index in [1.165, 1.54) is 0 Å². The highest BCUT2D eigenvalue weighted by molar-refractivity contribution is 5.66. The van der Waals surface area contributed by atoms with Gasteiger partial charge in [-0.2, -0.15) is 5.26 Å². The second kappa shape index (κ2) is 7.27. The SMILES string of the molecule is CCOc1cc(-c2cnc(Nc3ccc(N)nc3)nc2)ccc1C#N. The van der Waals surface area contributed by atoms with Crippen LogP contribution < -0.4 is 15.8 Å². The number of nitrogen functional groups attached to an aromatic ring is 1. The third-order valence-electron chi connectivity index (χ3n) is 3.43. The lowest BCUT2D eigenvalue weighted by molar-refractivity contribution is 0.339. The van der Waals surface area contributed by atoms with Gasteiger partial charge in [0.1, 0.15) is 17.6 Å². The molecule has 0 saturated heterocycles. The van der Waals surface area contributed by atoms with E-state index in [0.717, 1.165) is 16.8 Å². The van der Waals surface area contributed by atoms with E-state index in [0.29, 0.717) is 29.7 Å². The van der Waals surface area contributed by atoms with Gasteiger partial charge in [0, 0.05) is 18.0 Å². The minimum absolute atomic E-state index is 0.452. The van der Waals surface area contributed by atoms with Gasteiger partial charge in [-0.3, -0.25) is 0 Å². The second-order valence-corrected chi connectivity index (χ2v) is 5.15. The lowest BCUT2D eigenvalue weighted by Gasteiger charge is -2.09. The molecule has 124 valence electrons. The van der Waals surface area contributed by atoms with Crippen molar-refractivity contribution < 1.29 is 4.74 Å². The average molecular weight is 332 g/mol. The van der Waals surface area contributed by atoms with Crippen LogP contribution in [0.4, 0.5) is 17.5 Å². The van der Waals surface area contributed by atoms with Gasteiger partial charge < -0.3 is 15.8 Å². The summed E-state index contributed by atoms with van der Waals surface area (Å²) in [4.78, 5) is 12.6. The molecule has 0 saturated carbocycles. The lowest BCUT2D eigenvalue weighted by atomic mass is 10.1. The summed E-state index contributed by atoms with van der Waals surface area (Å²) in [6.45, 7) is 2.37. The zero-order chi connectivity index (χ0) is 17.6. The Bertz CT molecular complexity index is 900. The van der Waals surface area contributed by atoms with Crippen molar-refractivity contribution in [2.75, 3.05) is 17.7 Å². The van der Waals surface area contributed by atoms with Crippen molar-refractivity contribution in [3.8, 4) is 22.9 Å². The van der Waals surface area contributed by atoms with E-state index < -0.39 is 0 Å². The molecule has 2 heterocycles. The molecule has 3 aromatic rings. The first kappa shape index (κ1) is 16.2. The normalized spacial score (nSPS) is 10.1. The van der Waals surface area contributed by atoms with Crippen LogP contribution in [0.3, 0.4) is 0 Å². The quantitative estimate of drug-likeness (QED) is 0.738. The number of hydrogen-bond donors (Lipinski definition) is 2. The Balaban J connectivity index is 1.81. The fraction of sp³-hybridized carbons (Fsp3) is 0.111. The summed E-state index contributed by atoms with van der Waals surface area (Å²) in [7, 11) is 0. The van der Waals surface area contributed by atoms with Crippen molar-refractivity contribution in [2.24, 2.45) is 0 Å². The Kier molecular flexibility index (Phi) is 4.72. The molecule has 7 nitrogen and oxygen atoms in total. The summed E-state index contributed by atoms with van der Waals surface area (Å²) in [6.07, 6.45) is 5.02. The minimum atomic E-state index is 0.452. The van der Waals surface area contributed by atoms with Crippen molar-refractivity contribution in [1.29, 1.82) is 5.26 Å². The van der Waals surface area contributed by atoms with Gasteiger partial charge in [0.2, 0.25) is 5.95 Å². The van der Waals surface area contributed by atoms with E-state index in [1.807, 2.05) is 19.1 Å². The van der Waals surface area contributed by atoms with Gasteiger partial charge in [-0.25, -0.2) is 15.0 Å². The summed E-state index contributed by atoms with van der Waals surface area (Å²) in [5.41, 5.74) is 8.51. The fourth-order valence-electron chi connectivity index (χ4n) is 2.22. The molecule has 0 amide bonds. The van der Waals surface area contributed by atoms with Crippen LogP contribution in [0, 0.1) is 11.3 Å². The molecule has 7 heteroatoms. The Morgan fingerprint density at radius 3 is 2.52 bits per heavy atom. The van der Waals surface area contributed by atoms with Crippen LogP contribution in [-0.2, 0) is 0 Å².